The van der Waals surface area contributed by atoms with Crippen molar-refractivity contribution in [3.8, 4) is 22.8 Å². The van der Waals surface area contributed by atoms with Crippen LogP contribution in [0.5, 0.6) is 11.5 Å². The lowest BCUT2D eigenvalue weighted by Gasteiger charge is -2.33. The van der Waals surface area contributed by atoms with Crippen LogP contribution in [0.2, 0.25) is 0 Å². The Morgan fingerprint density at radius 2 is 1.87 bits per heavy atom. The fourth-order valence-corrected chi connectivity index (χ4v) is 3.92. The van der Waals surface area contributed by atoms with Gasteiger partial charge in [0.05, 0.1) is 0 Å². The summed E-state index contributed by atoms with van der Waals surface area (Å²) in [6, 6.07) is 17.4. The molecule has 1 aromatic heterocycles. The Kier molecular flexibility index (Phi) is 5.01. The predicted octanol–water partition coefficient (Wildman–Crippen LogP) is 3.83. The molecule has 2 aromatic carbocycles. The van der Waals surface area contributed by atoms with Gasteiger partial charge in [0.15, 0.2) is 23.0 Å². The number of hydrogen-bond donors (Lipinski definition) is 1. The molecule has 3 heterocycles. The van der Waals surface area contributed by atoms with Crippen LogP contribution in [-0.2, 0) is 0 Å². The molecular weight excluding hydrogens is 382 g/mol. The molecule has 0 bridgehead atoms. The number of piperidine rings is 1. The molecule has 1 fully saturated rings. The second-order valence-electron chi connectivity index (χ2n) is 7.54. The molecular formula is C23H23N3O4. The van der Waals surface area contributed by atoms with Crippen molar-refractivity contribution in [3.05, 3.63) is 60.3 Å². The Morgan fingerprint density at radius 1 is 1.03 bits per heavy atom. The summed E-state index contributed by atoms with van der Waals surface area (Å²) in [5.74, 6) is 2.02. The van der Waals surface area contributed by atoms with Gasteiger partial charge in [-0.05, 0) is 25.0 Å². The highest BCUT2D eigenvalue weighted by molar-refractivity contribution is 5.93. The number of benzene rings is 2. The molecule has 154 valence electrons. The zero-order valence-electron chi connectivity index (χ0n) is 16.5. The maximum Gasteiger partial charge on any atom is 0.276 e. The van der Waals surface area contributed by atoms with Gasteiger partial charge in [-0.1, -0.05) is 35.5 Å². The highest BCUT2D eigenvalue weighted by atomic mass is 16.6. The van der Waals surface area contributed by atoms with Crippen molar-refractivity contribution in [1.29, 1.82) is 0 Å². The number of carbonyl (C=O) groups is 1. The van der Waals surface area contributed by atoms with Gasteiger partial charge in [-0.25, -0.2) is 0 Å². The zero-order chi connectivity index (χ0) is 20.3. The lowest BCUT2D eigenvalue weighted by Crippen LogP contribution is -2.45. The lowest BCUT2D eigenvalue weighted by molar-refractivity contribution is 0.0704. The van der Waals surface area contributed by atoms with Crippen LogP contribution in [0.25, 0.3) is 11.3 Å². The van der Waals surface area contributed by atoms with Gasteiger partial charge in [0.2, 0.25) is 0 Å². The fraction of sp³-hybridized carbons (Fsp3) is 0.304. The molecule has 1 unspecified atom stereocenters. The van der Waals surface area contributed by atoms with Crippen LogP contribution in [0, 0.1) is 0 Å². The number of fused-ring (bicyclic) bond motifs is 1. The van der Waals surface area contributed by atoms with E-state index in [0.717, 1.165) is 35.6 Å². The minimum Gasteiger partial charge on any atom is -0.486 e. The first-order valence-corrected chi connectivity index (χ1v) is 10.2. The third kappa shape index (κ3) is 3.83. The summed E-state index contributed by atoms with van der Waals surface area (Å²) in [6.07, 6.45) is 1.92. The summed E-state index contributed by atoms with van der Waals surface area (Å²) in [4.78, 5) is 14.8. The summed E-state index contributed by atoms with van der Waals surface area (Å²) >= 11 is 0. The van der Waals surface area contributed by atoms with Crippen molar-refractivity contribution in [2.45, 2.75) is 18.9 Å². The second-order valence-corrected chi connectivity index (χ2v) is 7.54. The Labute approximate surface area is 174 Å². The Morgan fingerprint density at radius 3 is 2.73 bits per heavy atom. The largest absolute Gasteiger partial charge is 0.486 e. The second kappa shape index (κ2) is 8.10. The number of amides is 1. The van der Waals surface area contributed by atoms with Gasteiger partial charge in [0.1, 0.15) is 13.2 Å². The van der Waals surface area contributed by atoms with E-state index < -0.39 is 0 Å². The van der Waals surface area contributed by atoms with Gasteiger partial charge in [-0.3, -0.25) is 4.79 Å². The fourth-order valence-electron chi connectivity index (χ4n) is 3.92. The maximum absolute atomic E-state index is 13.0. The van der Waals surface area contributed by atoms with E-state index in [4.69, 9.17) is 14.0 Å². The van der Waals surface area contributed by atoms with Gasteiger partial charge >= 0.3 is 0 Å². The molecule has 30 heavy (non-hydrogen) atoms. The lowest BCUT2D eigenvalue weighted by atomic mass is 10.0. The van der Waals surface area contributed by atoms with E-state index in [0.29, 0.717) is 37.8 Å². The quantitative estimate of drug-likeness (QED) is 0.711. The summed E-state index contributed by atoms with van der Waals surface area (Å²) < 4.78 is 16.6. The third-order valence-corrected chi connectivity index (χ3v) is 5.41. The van der Waals surface area contributed by atoms with E-state index in [2.05, 4.69) is 10.5 Å². The third-order valence-electron chi connectivity index (χ3n) is 5.41. The minimum atomic E-state index is -0.102. The van der Waals surface area contributed by atoms with Crippen molar-refractivity contribution in [2.24, 2.45) is 0 Å². The number of carbonyl (C=O) groups excluding carboxylic acids is 1. The van der Waals surface area contributed by atoms with E-state index in [1.54, 1.807) is 6.07 Å². The normalized spacial score (nSPS) is 18.1. The van der Waals surface area contributed by atoms with Crippen molar-refractivity contribution in [3.63, 3.8) is 0 Å². The predicted molar refractivity (Wildman–Crippen MR) is 112 cm³/mol. The van der Waals surface area contributed by atoms with Crippen LogP contribution < -0.4 is 14.8 Å². The molecule has 2 aliphatic heterocycles. The maximum atomic E-state index is 13.0. The highest BCUT2D eigenvalue weighted by Gasteiger charge is 2.27. The average Bonchev–Trinajstić information content (AvgIpc) is 3.30. The standard InChI is InChI=1S/C23H23N3O4/c27-23(19-14-21(30-25-19)16-5-2-1-3-6-16)26-10-4-7-18(15-26)24-17-8-9-20-22(13-17)29-12-11-28-20/h1-3,5-6,8-9,13-14,18,24H,4,7,10-12,15H2. The smallest absolute Gasteiger partial charge is 0.276 e. The molecule has 7 heteroatoms. The SMILES string of the molecule is O=C(c1cc(-c2ccccc2)on1)N1CCCC(Nc2ccc3c(c2)OCCO3)C1. The zero-order valence-corrected chi connectivity index (χ0v) is 16.5. The summed E-state index contributed by atoms with van der Waals surface area (Å²) in [6.45, 7) is 2.46. The van der Waals surface area contributed by atoms with Crippen LogP contribution in [0.4, 0.5) is 5.69 Å². The summed E-state index contributed by atoms with van der Waals surface area (Å²) in [5.41, 5.74) is 2.21. The van der Waals surface area contributed by atoms with Crippen molar-refractivity contribution >= 4 is 11.6 Å². The molecule has 0 spiro atoms. The Balaban J connectivity index is 1.25. The molecule has 0 aliphatic carbocycles. The molecule has 0 saturated carbocycles. The first-order valence-electron chi connectivity index (χ1n) is 10.2. The van der Waals surface area contributed by atoms with Gasteiger partial charge < -0.3 is 24.2 Å². The van der Waals surface area contributed by atoms with Crippen molar-refractivity contribution in [1.82, 2.24) is 10.1 Å². The topological polar surface area (TPSA) is 76.8 Å². The van der Waals surface area contributed by atoms with E-state index in [1.165, 1.54) is 0 Å². The Bertz CT molecular complexity index is 1030. The monoisotopic (exact) mass is 405 g/mol. The molecule has 5 rings (SSSR count). The van der Waals surface area contributed by atoms with Gasteiger partial charge in [0.25, 0.3) is 5.91 Å². The number of anilines is 1. The first kappa shape index (κ1) is 18.5. The average molecular weight is 405 g/mol. The number of hydrogen-bond acceptors (Lipinski definition) is 6. The molecule has 1 atom stereocenters. The summed E-state index contributed by atoms with van der Waals surface area (Å²) in [7, 11) is 0. The van der Waals surface area contributed by atoms with Gasteiger partial charge in [-0.15, -0.1) is 0 Å². The summed E-state index contributed by atoms with van der Waals surface area (Å²) in [5, 5.41) is 7.53. The van der Waals surface area contributed by atoms with E-state index in [1.807, 2.05) is 53.4 Å². The molecule has 1 N–H and O–H groups in total. The molecule has 1 amide bonds. The number of nitrogens with zero attached hydrogens (tertiary/aromatic N) is 2. The Hall–Kier alpha value is -3.48. The van der Waals surface area contributed by atoms with Crippen LogP contribution in [0.15, 0.2) is 59.1 Å². The van der Waals surface area contributed by atoms with Gasteiger partial charge in [0, 0.05) is 42.5 Å². The number of aromatic nitrogens is 1. The van der Waals surface area contributed by atoms with Crippen LogP contribution >= 0.6 is 0 Å². The number of nitrogens with one attached hydrogen (secondary N) is 1. The number of rotatable bonds is 4. The molecule has 1 saturated heterocycles. The van der Waals surface area contributed by atoms with Gasteiger partial charge in [-0.2, -0.15) is 0 Å². The molecule has 2 aliphatic rings. The van der Waals surface area contributed by atoms with E-state index in [9.17, 15) is 4.79 Å². The number of likely N-dealkylation sites (tertiary alicyclic amines) is 1. The van der Waals surface area contributed by atoms with E-state index in [-0.39, 0.29) is 11.9 Å². The van der Waals surface area contributed by atoms with Crippen molar-refractivity contribution in [2.75, 3.05) is 31.6 Å². The van der Waals surface area contributed by atoms with Crippen LogP contribution in [0.3, 0.4) is 0 Å². The number of ether oxygens (including phenoxy) is 2. The molecule has 0 radical (unpaired) electrons. The molecule has 7 nitrogen and oxygen atoms in total. The van der Waals surface area contributed by atoms with E-state index >= 15 is 0 Å². The highest BCUT2D eigenvalue weighted by Crippen LogP contribution is 2.33. The van der Waals surface area contributed by atoms with Crippen LogP contribution in [0.1, 0.15) is 23.3 Å². The minimum absolute atomic E-state index is 0.102. The van der Waals surface area contributed by atoms with Crippen molar-refractivity contribution < 1.29 is 18.8 Å². The first-order chi connectivity index (χ1) is 14.8. The molecule has 3 aromatic rings. The van der Waals surface area contributed by atoms with Crippen LogP contribution in [-0.4, -0.2) is 48.3 Å².